The van der Waals surface area contributed by atoms with Gasteiger partial charge in [0.2, 0.25) is 0 Å². The van der Waals surface area contributed by atoms with Crippen molar-refractivity contribution in [2.45, 2.75) is 97.5 Å². The standard InChI is InChI=1S/C20H34O17S/c1-18(30,19(2,31)20(32)17(29)38(20)33)8(22)5-35-16-14(28)12(26)10(24)7(37-16)4-34-15-13(27)11(25)9(23)6(3-21)36-15/h6-16,21-28,30-32H,3-5H2,1-2H3/t6-,7-,8-,9-,10-,11+,12+,13-,14-,15+,16+,18-,19+,20+,38?/m1/s1. The second-order valence-electron chi connectivity index (χ2n) is 9.81. The molecule has 3 heterocycles. The summed E-state index contributed by atoms with van der Waals surface area (Å²) in [4.78, 5) is 8.72. The molecule has 18 heteroatoms. The molecule has 15 atom stereocenters. The van der Waals surface area contributed by atoms with Crippen LogP contribution in [-0.2, 0) is 34.5 Å². The first kappa shape index (κ1) is 31.7. The number of carbonyl (C=O) groups excluding carboxylic acids is 1. The molecule has 3 aliphatic rings. The average Bonchev–Trinajstić information content (AvgIpc) is 3.37. The van der Waals surface area contributed by atoms with Crippen LogP contribution in [0.15, 0.2) is 0 Å². The smallest absolute Gasteiger partial charge is 0.270 e. The lowest BCUT2D eigenvalue weighted by molar-refractivity contribution is -0.335. The summed E-state index contributed by atoms with van der Waals surface area (Å²) in [7, 11) is -2.54. The predicted octanol–water partition coefficient (Wildman–Crippen LogP) is -7.53. The number of hydrogen-bond acceptors (Lipinski definition) is 17. The molecule has 0 bridgehead atoms. The van der Waals surface area contributed by atoms with Gasteiger partial charge in [-0.1, -0.05) is 0 Å². The van der Waals surface area contributed by atoms with Gasteiger partial charge in [-0.15, -0.1) is 0 Å². The van der Waals surface area contributed by atoms with Crippen molar-refractivity contribution in [3.63, 3.8) is 0 Å². The van der Waals surface area contributed by atoms with Gasteiger partial charge >= 0.3 is 0 Å². The van der Waals surface area contributed by atoms with Gasteiger partial charge in [0.25, 0.3) is 10.0 Å². The van der Waals surface area contributed by atoms with Crippen LogP contribution in [0.2, 0.25) is 0 Å². The van der Waals surface area contributed by atoms with Crippen LogP contribution in [0.4, 0.5) is 0 Å². The summed E-state index contributed by atoms with van der Waals surface area (Å²) in [6.07, 6.45) is -19.0. The topological polar surface area (TPSA) is 294 Å². The highest BCUT2D eigenvalue weighted by Crippen LogP contribution is 2.47. The molecule has 17 nitrogen and oxygen atoms in total. The van der Waals surface area contributed by atoms with Crippen molar-refractivity contribution in [3.05, 3.63) is 0 Å². The van der Waals surface area contributed by atoms with Gasteiger partial charge in [-0.3, -0.25) is 4.79 Å². The molecule has 0 aliphatic carbocycles. The lowest BCUT2D eigenvalue weighted by Crippen LogP contribution is -2.67. The third-order valence-electron chi connectivity index (χ3n) is 7.33. The first-order valence-electron chi connectivity index (χ1n) is 11.5. The van der Waals surface area contributed by atoms with Crippen molar-refractivity contribution in [2.75, 3.05) is 19.8 Å². The molecule has 3 saturated heterocycles. The van der Waals surface area contributed by atoms with E-state index in [0.29, 0.717) is 0 Å². The maximum atomic E-state index is 11.6. The Bertz CT molecular complexity index is 868. The van der Waals surface area contributed by atoms with Gasteiger partial charge < -0.3 is 75.1 Å². The number of ether oxygens (including phenoxy) is 4. The minimum atomic E-state index is -2.84. The normalized spacial score (nSPS) is 47.7. The number of hydrogen-bond donors (Lipinski definition) is 11. The molecule has 222 valence electrons. The molecule has 0 spiro atoms. The van der Waals surface area contributed by atoms with Crippen molar-refractivity contribution >= 4 is 15.9 Å². The molecular weight excluding hydrogens is 544 g/mol. The molecule has 3 rings (SSSR count). The van der Waals surface area contributed by atoms with E-state index < -0.39 is 119 Å². The maximum absolute atomic E-state index is 11.6. The van der Waals surface area contributed by atoms with Crippen molar-refractivity contribution in [3.8, 4) is 0 Å². The van der Waals surface area contributed by atoms with Crippen LogP contribution >= 0.6 is 0 Å². The summed E-state index contributed by atoms with van der Waals surface area (Å²) in [5.41, 5.74) is -5.51. The fourth-order valence-corrected chi connectivity index (χ4v) is 5.40. The molecular formula is C20H34O17S. The molecule has 0 aromatic heterocycles. The largest absolute Gasteiger partial charge is 0.394 e. The lowest BCUT2D eigenvalue weighted by Gasteiger charge is -2.44. The lowest BCUT2D eigenvalue weighted by atomic mass is 9.78. The van der Waals surface area contributed by atoms with Gasteiger partial charge in [-0.2, -0.15) is 0 Å². The molecule has 3 fully saturated rings. The van der Waals surface area contributed by atoms with Crippen LogP contribution < -0.4 is 0 Å². The van der Waals surface area contributed by atoms with Crippen LogP contribution in [0.25, 0.3) is 0 Å². The van der Waals surface area contributed by atoms with Crippen LogP contribution in [0.1, 0.15) is 13.8 Å². The van der Waals surface area contributed by atoms with E-state index in [1.165, 1.54) is 0 Å². The monoisotopic (exact) mass is 578 g/mol. The Balaban J connectivity index is 1.63. The number of aliphatic hydroxyl groups excluding tert-OH is 8. The minimum absolute atomic E-state index is 0.649. The summed E-state index contributed by atoms with van der Waals surface area (Å²) in [6.45, 7) is -0.712. The molecule has 11 N–H and O–H groups in total. The van der Waals surface area contributed by atoms with Crippen LogP contribution in [-0.4, -0.2) is 169 Å². The van der Waals surface area contributed by atoms with E-state index in [1.54, 1.807) is 0 Å². The Morgan fingerprint density at radius 3 is 1.82 bits per heavy atom. The SMILES string of the molecule is C[C@](O)([C@](C)(O)[C@H](O)CO[C@H]1O[C@H](CO[C@H]2O[C@H](CO)[C@@H](O)[C@H](O)[C@H]2O)[C@@H](O)[C@H](O)[C@H]1O)[C@]1(O)C(=O)S1=O. The van der Waals surface area contributed by atoms with Crippen molar-refractivity contribution < 1.29 is 84.1 Å². The van der Waals surface area contributed by atoms with E-state index in [-0.39, 0.29) is 0 Å². The van der Waals surface area contributed by atoms with E-state index in [2.05, 4.69) is 0 Å². The predicted molar refractivity (Wildman–Crippen MR) is 118 cm³/mol. The molecule has 38 heavy (non-hydrogen) atoms. The molecule has 0 aromatic carbocycles. The number of carbonyl (C=O) groups is 1. The highest BCUT2D eigenvalue weighted by Gasteiger charge is 2.78. The van der Waals surface area contributed by atoms with E-state index in [4.69, 9.17) is 18.9 Å². The zero-order valence-electron chi connectivity index (χ0n) is 20.2. The minimum Gasteiger partial charge on any atom is -0.394 e. The van der Waals surface area contributed by atoms with Gasteiger partial charge in [0.05, 0.1) is 19.8 Å². The van der Waals surface area contributed by atoms with Crippen molar-refractivity contribution in [2.24, 2.45) is 0 Å². The van der Waals surface area contributed by atoms with E-state index in [9.17, 15) is 65.2 Å². The summed E-state index contributed by atoms with van der Waals surface area (Å²) < 4.78 is 32.6. The zero-order valence-corrected chi connectivity index (χ0v) is 21.1. The third-order valence-corrected chi connectivity index (χ3v) is 8.87. The number of rotatable bonds is 10. The third kappa shape index (κ3) is 5.18. The van der Waals surface area contributed by atoms with E-state index in [1.807, 2.05) is 0 Å². The Labute approximate surface area is 217 Å². The highest BCUT2D eigenvalue weighted by molar-refractivity contribution is 8.13. The highest BCUT2D eigenvalue weighted by atomic mass is 32.2. The van der Waals surface area contributed by atoms with Gasteiger partial charge in [0, 0.05) is 0 Å². The summed E-state index contributed by atoms with van der Waals surface area (Å²) >= 11 is 0. The fraction of sp³-hybridized carbons (Fsp3) is 0.950. The maximum Gasteiger partial charge on any atom is 0.270 e. The Morgan fingerprint density at radius 2 is 1.34 bits per heavy atom. The van der Waals surface area contributed by atoms with Gasteiger partial charge in [0.1, 0.15) is 76.9 Å². The molecule has 0 aromatic rings. The molecule has 0 radical (unpaired) electrons. The zero-order chi connectivity index (χ0) is 29.0. The van der Waals surface area contributed by atoms with Crippen LogP contribution in [0, 0.1) is 0 Å². The Kier molecular flexibility index (Phi) is 9.39. The first-order chi connectivity index (χ1) is 17.4. The second kappa shape index (κ2) is 11.2. The van der Waals surface area contributed by atoms with Crippen LogP contribution in [0.3, 0.4) is 0 Å². The second-order valence-corrected chi connectivity index (χ2v) is 11.3. The average molecular weight is 579 g/mol. The first-order valence-corrected chi connectivity index (χ1v) is 12.6. The van der Waals surface area contributed by atoms with Crippen LogP contribution in [0.5, 0.6) is 0 Å². The summed E-state index contributed by atoms with van der Waals surface area (Å²) in [5, 5.41) is 110. The Morgan fingerprint density at radius 1 is 0.895 bits per heavy atom. The van der Waals surface area contributed by atoms with Crippen molar-refractivity contribution in [1.82, 2.24) is 0 Å². The molecule has 3 aliphatic heterocycles. The Hall–Kier alpha value is -0.780. The molecule has 1 unspecified atom stereocenters. The van der Waals surface area contributed by atoms with Crippen molar-refractivity contribution in [1.29, 1.82) is 0 Å². The summed E-state index contributed by atoms with van der Waals surface area (Å²) in [5.74, 6) is 0. The molecule has 0 saturated carbocycles. The van der Waals surface area contributed by atoms with Gasteiger partial charge in [-0.25, -0.2) is 4.21 Å². The quantitative estimate of drug-likeness (QED) is 0.107. The van der Waals surface area contributed by atoms with E-state index in [0.717, 1.165) is 13.8 Å². The fourth-order valence-electron chi connectivity index (χ4n) is 4.16. The molecule has 0 amide bonds. The van der Waals surface area contributed by atoms with Gasteiger partial charge in [-0.05, 0) is 13.8 Å². The summed E-state index contributed by atoms with van der Waals surface area (Å²) in [6, 6.07) is 0. The van der Waals surface area contributed by atoms with Gasteiger partial charge in [0.15, 0.2) is 12.6 Å². The number of aliphatic hydroxyl groups is 11. The van der Waals surface area contributed by atoms with E-state index >= 15 is 0 Å².